The molecule has 0 bridgehead atoms. The summed E-state index contributed by atoms with van der Waals surface area (Å²) in [6.45, 7) is 38.0. The van der Waals surface area contributed by atoms with E-state index in [9.17, 15) is 0 Å². The van der Waals surface area contributed by atoms with Crippen LogP contribution in [0.4, 0.5) is 51.2 Å². The Hall–Kier alpha value is -7.76. The second-order valence-electron chi connectivity index (χ2n) is 29.4. The van der Waals surface area contributed by atoms with Crippen molar-refractivity contribution < 1.29 is 4.42 Å². The third kappa shape index (κ3) is 7.99. The highest BCUT2D eigenvalue weighted by atomic mass is 16.3. The molecule has 0 N–H and O–H groups in total. The maximum absolute atomic E-state index is 6.78. The van der Waals surface area contributed by atoms with Gasteiger partial charge in [0.2, 0.25) is 0 Å². The molecule has 416 valence electrons. The Morgan fingerprint density at radius 2 is 0.916 bits per heavy atom. The lowest BCUT2D eigenvalue weighted by Gasteiger charge is -2.48. The number of aryl methyl sites for hydroxylation is 2. The summed E-state index contributed by atoms with van der Waals surface area (Å²) in [7, 11) is 0. The molecule has 9 aromatic carbocycles. The smallest absolute Gasteiger partial charge is 0.252 e. The highest BCUT2D eigenvalue weighted by molar-refractivity contribution is 7.00. The largest absolute Gasteiger partial charge is 0.456 e. The zero-order valence-corrected chi connectivity index (χ0v) is 51.9. The van der Waals surface area contributed by atoms with Crippen molar-refractivity contribution in [3.63, 3.8) is 0 Å². The normalized spacial score (nSPS) is 16.9. The van der Waals surface area contributed by atoms with Crippen LogP contribution in [0, 0.1) is 13.8 Å². The first-order valence-corrected chi connectivity index (χ1v) is 30.5. The average Bonchev–Trinajstić information content (AvgIpc) is 1.15. The van der Waals surface area contributed by atoms with Gasteiger partial charge in [-0.3, -0.25) is 0 Å². The summed E-state index contributed by atoms with van der Waals surface area (Å²) in [5, 5.41) is 2.25. The van der Waals surface area contributed by atoms with Crippen LogP contribution < -0.4 is 31.1 Å². The summed E-state index contributed by atoms with van der Waals surface area (Å²) in [6.07, 6.45) is 2.31. The predicted octanol–water partition coefficient (Wildman–Crippen LogP) is 19.7. The van der Waals surface area contributed by atoms with Gasteiger partial charge in [0.15, 0.2) is 0 Å². The first-order chi connectivity index (χ1) is 39.2. The van der Waals surface area contributed by atoms with E-state index >= 15 is 0 Å². The van der Waals surface area contributed by atoms with Crippen molar-refractivity contribution in [2.45, 2.75) is 156 Å². The van der Waals surface area contributed by atoms with E-state index in [1.54, 1.807) is 0 Å². The summed E-state index contributed by atoms with van der Waals surface area (Å²) in [6, 6.07) is 66.0. The molecule has 0 saturated heterocycles. The summed E-state index contributed by atoms with van der Waals surface area (Å²) >= 11 is 0. The highest BCUT2D eigenvalue weighted by Crippen LogP contribution is 2.56. The summed E-state index contributed by atoms with van der Waals surface area (Å²) in [4.78, 5) is 7.82. The fourth-order valence-electron chi connectivity index (χ4n) is 15.3. The number of hydrogen-bond acceptors (Lipinski definition) is 4. The molecule has 0 fully saturated rings. The molecule has 0 unspecified atom stereocenters. The van der Waals surface area contributed by atoms with Gasteiger partial charge in [-0.1, -0.05) is 182 Å². The van der Waals surface area contributed by atoms with E-state index < -0.39 is 0 Å². The van der Waals surface area contributed by atoms with Crippen LogP contribution in [0.25, 0.3) is 21.9 Å². The molecule has 0 spiro atoms. The lowest BCUT2D eigenvalue weighted by molar-refractivity contribution is 0.332. The molecule has 5 heteroatoms. The SMILES string of the molecule is Cc1cc2c3c(c1)N(c1cccc4oc5ccccc5c14)c1cc4c(cc1B3c1cc(N(c3ccc(C(C)(C)C)cc3)c3ccc(C(C)(C)C)cc3)ccc1N2c1cc2c(cc1C)C(C)(C)CCC2(C)C)C(C)(C)c1ccccc1C4(C)C. The van der Waals surface area contributed by atoms with Crippen LogP contribution in [-0.4, -0.2) is 6.71 Å². The van der Waals surface area contributed by atoms with Crippen LogP contribution in [0.2, 0.25) is 0 Å². The van der Waals surface area contributed by atoms with Gasteiger partial charge in [-0.05, 0) is 205 Å². The third-order valence-corrected chi connectivity index (χ3v) is 20.2. The minimum absolute atomic E-state index is 0.00992. The molecule has 4 aliphatic rings. The molecule has 1 aromatic heterocycles. The molecule has 83 heavy (non-hydrogen) atoms. The molecule has 4 nitrogen and oxygen atoms in total. The Morgan fingerprint density at radius 3 is 1.51 bits per heavy atom. The lowest BCUT2D eigenvalue weighted by Crippen LogP contribution is -2.62. The van der Waals surface area contributed by atoms with Gasteiger partial charge in [-0.25, -0.2) is 0 Å². The summed E-state index contributed by atoms with van der Waals surface area (Å²) in [5.41, 5.74) is 29.5. The number of fused-ring (bicyclic) bond motifs is 10. The van der Waals surface area contributed by atoms with Gasteiger partial charge in [-0.15, -0.1) is 0 Å². The van der Waals surface area contributed by atoms with Gasteiger partial charge < -0.3 is 19.1 Å². The second kappa shape index (κ2) is 17.9. The van der Waals surface area contributed by atoms with Crippen LogP contribution in [0.15, 0.2) is 174 Å². The van der Waals surface area contributed by atoms with Crippen molar-refractivity contribution in [3.05, 3.63) is 225 Å². The van der Waals surface area contributed by atoms with E-state index in [1.807, 2.05) is 0 Å². The Labute approximate surface area is 494 Å². The van der Waals surface area contributed by atoms with Crippen LogP contribution >= 0.6 is 0 Å². The Morgan fingerprint density at radius 1 is 0.422 bits per heavy atom. The topological polar surface area (TPSA) is 22.9 Å². The molecule has 0 saturated carbocycles. The number of anilines is 9. The Kier molecular flexibility index (Phi) is 11.5. The van der Waals surface area contributed by atoms with Gasteiger partial charge >= 0.3 is 0 Å². The Bertz CT molecular complexity index is 4270. The molecule has 2 aliphatic heterocycles. The van der Waals surface area contributed by atoms with E-state index in [2.05, 4.69) is 295 Å². The first-order valence-electron chi connectivity index (χ1n) is 30.5. The molecule has 10 aromatic rings. The molecule has 14 rings (SSSR count). The molecule has 2 aliphatic carbocycles. The number of furan rings is 1. The number of hydrogen-bond donors (Lipinski definition) is 0. The Balaban J connectivity index is 1.11. The second-order valence-corrected chi connectivity index (χ2v) is 29.4. The van der Waals surface area contributed by atoms with E-state index in [0.717, 1.165) is 51.1 Å². The molecule has 0 amide bonds. The third-order valence-electron chi connectivity index (χ3n) is 20.2. The molecular weight excluding hydrogens is 1010 g/mol. The maximum atomic E-state index is 6.78. The fourth-order valence-corrected chi connectivity index (χ4v) is 15.3. The van der Waals surface area contributed by atoms with E-state index in [0.29, 0.717) is 0 Å². The lowest BCUT2D eigenvalue weighted by atomic mass is 9.33. The van der Waals surface area contributed by atoms with Gasteiger partial charge in [0.25, 0.3) is 6.71 Å². The van der Waals surface area contributed by atoms with Gasteiger partial charge in [0.1, 0.15) is 11.2 Å². The van der Waals surface area contributed by atoms with Crippen molar-refractivity contribution in [3.8, 4) is 0 Å². The van der Waals surface area contributed by atoms with Crippen LogP contribution in [0.5, 0.6) is 0 Å². The highest BCUT2D eigenvalue weighted by Gasteiger charge is 2.49. The molecule has 0 radical (unpaired) electrons. The maximum Gasteiger partial charge on any atom is 0.252 e. The van der Waals surface area contributed by atoms with Crippen molar-refractivity contribution in [1.29, 1.82) is 0 Å². The van der Waals surface area contributed by atoms with Gasteiger partial charge in [-0.2, -0.15) is 0 Å². The summed E-state index contributed by atoms with van der Waals surface area (Å²) in [5.74, 6) is 0. The number of nitrogens with zero attached hydrogens (tertiary/aromatic N) is 3. The number of rotatable bonds is 5. The minimum Gasteiger partial charge on any atom is -0.456 e. The fraction of sp³-hybridized carbons (Fsp3) is 0.308. The zero-order valence-electron chi connectivity index (χ0n) is 51.9. The predicted molar refractivity (Wildman–Crippen MR) is 355 cm³/mol. The monoisotopic (exact) mass is 1090 g/mol. The van der Waals surface area contributed by atoms with Crippen molar-refractivity contribution in [1.82, 2.24) is 0 Å². The quantitative estimate of drug-likeness (QED) is 0.160. The van der Waals surface area contributed by atoms with E-state index in [-0.39, 0.29) is 39.2 Å². The summed E-state index contributed by atoms with van der Waals surface area (Å²) < 4.78 is 6.78. The first kappa shape index (κ1) is 53.3. The standard InChI is InChI=1S/C78H80BN3O/c1-47-40-67-72-68(41-47)82(64-25-21-27-70-71(64)54-22-17-20-26-69(54)83-70)66-46-60-59(77(13,14)55-23-18-19-24-56(55)78(60,15)16)44-62(66)79(72)61-43-53(36-37-63(61)81(67)65-45-58-57(42-48(65)2)75(9,10)38-39-76(58,11)12)80(51-32-28-49(29-33-51)73(3,4)5)52-34-30-50(31-35-52)74(6,7)8/h17-37,40-46H,38-39H2,1-16H3. The van der Waals surface area contributed by atoms with E-state index in [4.69, 9.17) is 4.42 Å². The van der Waals surface area contributed by atoms with Crippen molar-refractivity contribution in [2.24, 2.45) is 0 Å². The van der Waals surface area contributed by atoms with Crippen LogP contribution in [-0.2, 0) is 32.5 Å². The van der Waals surface area contributed by atoms with Gasteiger partial charge in [0, 0.05) is 61.7 Å². The molecule has 3 heterocycles. The van der Waals surface area contributed by atoms with Crippen molar-refractivity contribution in [2.75, 3.05) is 14.7 Å². The molecular formula is C78H80BN3O. The van der Waals surface area contributed by atoms with E-state index in [1.165, 1.54) is 107 Å². The number of benzene rings is 9. The van der Waals surface area contributed by atoms with Crippen LogP contribution in [0.1, 0.15) is 165 Å². The van der Waals surface area contributed by atoms with Gasteiger partial charge in [0.05, 0.1) is 11.1 Å². The molecule has 0 atom stereocenters. The van der Waals surface area contributed by atoms with Crippen molar-refractivity contribution >= 4 is 96.2 Å². The van der Waals surface area contributed by atoms with Crippen LogP contribution in [0.3, 0.4) is 0 Å². The minimum atomic E-state index is -0.278. The zero-order chi connectivity index (χ0) is 58.2. The average molecular weight is 1090 g/mol. The number of para-hydroxylation sites is 1.